The number of carbonyl (C=O) groups excluding carboxylic acids is 1. The fourth-order valence-corrected chi connectivity index (χ4v) is 4.40. The molecule has 0 spiro atoms. The van der Waals surface area contributed by atoms with Crippen molar-refractivity contribution in [3.05, 3.63) is 35.9 Å². The highest BCUT2D eigenvalue weighted by atomic mass is 16.7. The van der Waals surface area contributed by atoms with Crippen molar-refractivity contribution in [2.24, 2.45) is 0 Å². The van der Waals surface area contributed by atoms with Crippen molar-refractivity contribution >= 4 is 5.91 Å². The summed E-state index contributed by atoms with van der Waals surface area (Å²) in [5.41, 5.74) is 1.25. The zero-order chi connectivity index (χ0) is 15.6. The fraction of sp³-hybridized carbons (Fsp3) is 0.632. The summed E-state index contributed by atoms with van der Waals surface area (Å²) in [7, 11) is 0. The lowest BCUT2D eigenvalue weighted by Crippen LogP contribution is -2.44. The van der Waals surface area contributed by atoms with Crippen molar-refractivity contribution in [3.8, 4) is 0 Å². The van der Waals surface area contributed by atoms with Crippen LogP contribution in [0.5, 0.6) is 0 Å². The standard InChI is InChI=1S/C19H26N2O2/c22-19(20-12-6-2-7-13-20)18-17(15-9-3-1-4-10-15)16-11-5-8-14-21(16)23-18/h1,3-4,9-10,16-18H,2,5-8,11-14H2/t16-,17+,18+/m0/s1. The maximum absolute atomic E-state index is 13.1. The van der Waals surface area contributed by atoms with Gasteiger partial charge in [-0.05, 0) is 37.7 Å². The average Bonchev–Trinajstić information content (AvgIpc) is 3.02. The van der Waals surface area contributed by atoms with E-state index in [4.69, 9.17) is 4.84 Å². The van der Waals surface area contributed by atoms with Crippen molar-refractivity contribution in [1.82, 2.24) is 9.96 Å². The number of fused-ring (bicyclic) bond motifs is 1. The van der Waals surface area contributed by atoms with Crippen LogP contribution in [0.25, 0.3) is 0 Å². The average molecular weight is 314 g/mol. The molecule has 0 unspecified atom stereocenters. The van der Waals surface area contributed by atoms with E-state index in [2.05, 4.69) is 29.3 Å². The number of hydroxylamine groups is 2. The molecule has 0 aromatic heterocycles. The first-order valence-corrected chi connectivity index (χ1v) is 9.12. The number of hydrogen-bond donors (Lipinski definition) is 0. The molecule has 3 fully saturated rings. The van der Waals surface area contributed by atoms with Crippen LogP contribution in [0.2, 0.25) is 0 Å². The molecular formula is C19H26N2O2. The third kappa shape index (κ3) is 2.90. The zero-order valence-electron chi connectivity index (χ0n) is 13.7. The molecule has 3 saturated heterocycles. The number of rotatable bonds is 2. The van der Waals surface area contributed by atoms with Gasteiger partial charge in [-0.25, -0.2) is 0 Å². The summed E-state index contributed by atoms with van der Waals surface area (Å²) in [5.74, 6) is 0.374. The minimum absolute atomic E-state index is 0.172. The number of carbonyl (C=O) groups is 1. The van der Waals surface area contributed by atoms with Crippen LogP contribution in [0.3, 0.4) is 0 Å². The summed E-state index contributed by atoms with van der Waals surface area (Å²) >= 11 is 0. The quantitative estimate of drug-likeness (QED) is 0.841. The third-order valence-corrected chi connectivity index (χ3v) is 5.58. The molecule has 3 heterocycles. The van der Waals surface area contributed by atoms with Crippen LogP contribution >= 0.6 is 0 Å². The molecule has 0 aliphatic carbocycles. The van der Waals surface area contributed by atoms with Crippen molar-refractivity contribution in [2.75, 3.05) is 19.6 Å². The van der Waals surface area contributed by atoms with Crippen molar-refractivity contribution in [1.29, 1.82) is 0 Å². The Hall–Kier alpha value is -1.39. The SMILES string of the molecule is O=C([C@@H]1ON2CCCC[C@H]2[C@H]1c1ccccc1)N1CCCCC1. The van der Waals surface area contributed by atoms with Gasteiger partial charge < -0.3 is 4.90 Å². The third-order valence-electron chi connectivity index (χ3n) is 5.58. The maximum Gasteiger partial charge on any atom is 0.254 e. The minimum Gasteiger partial charge on any atom is -0.340 e. The van der Waals surface area contributed by atoms with Crippen molar-refractivity contribution < 1.29 is 9.63 Å². The lowest BCUT2D eigenvalue weighted by atomic mass is 9.83. The second-order valence-corrected chi connectivity index (χ2v) is 7.05. The van der Waals surface area contributed by atoms with E-state index in [1.807, 2.05) is 11.0 Å². The minimum atomic E-state index is -0.335. The maximum atomic E-state index is 13.1. The predicted molar refractivity (Wildman–Crippen MR) is 88.8 cm³/mol. The first kappa shape index (κ1) is 15.2. The summed E-state index contributed by atoms with van der Waals surface area (Å²) in [6.07, 6.45) is 6.69. The van der Waals surface area contributed by atoms with Gasteiger partial charge in [-0.15, -0.1) is 0 Å². The van der Waals surface area contributed by atoms with E-state index in [0.29, 0.717) is 6.04 Å². The molecule has 4 rings (SSSR count). The second kappa shape index (κ2) is 6.62. The van der Waals surface area contributed by atoms with Crippen LogP contribution in [0.4, 0.5) is 0 Å². The normalized spacial score (nSPS) is 31.8. The molecule has 0 saturated carbocycles. The number of hydrogen-bond acceptors (Lipinski definition) is 3. The van der Waals surface area contributed by atoms with Gasteiger partial charge in [-0.2, -0.15) is 5.06 Å². The highest BCUT2D eigenvalue weighted by molar-refractivity contribution is 5.82. The molecule has 1 aromatic rings. The van der Waals surface area contributed by atoms with Gasteiger partial charge in [0.2, 0.25) is 0 Å². The molecule has 3 atom stereocenters. The Bertz CT molecular complexity index is 542. The Balaban J connectivity index is 1.61. The van der Waals surface area contributed by atoms with Crippen LogP contribution in [0.15, 0.2) is 30.3 Å². The molecule has 3 aliphatic rings. The van der Waals surface area contributed by atoms with Crippen LogP contribution in [0.1, 0.15) is 50.0 Å². The molecule has 1 aromatic carbocycles. The molecule has 1 amide bonds. The smallest absolute Gasteiger partial charge is 0.254 e. The van der Waals surface area contributed by atoms with E-state index >= 15 is 0 Å². The summed E-state index contributed by atoms with van der Waals surface area (Å²) in [5, 5.41) is 2.10. The monoisotopic (exact) mass is 314 g/mol. The zero-order valence-corrected chi connectivity index (χ0v) is 13.7. The molecule has 23 heavy (non-hydrogen) atoms. The van der Waals surface area contributed by atoms with E-state index in [1.165, 1.54) is 24.8 Å². The summed E-state index contributed by atoms with van der Waals surface area (Å²) in [6, 6.07) is 10.8. The number of amides is 1. The van der Waals surface area contributed by atoms with E-state index in [-0.39, 0.29) is 17.9 Å². The molecule has 4 heteroatoms. The Labute approximate surface area is 138 Å². The van der Waals surface area contributed by atoms with E-state index in [9.17, 15) is 4.79 Å². The van der Waals surface area contributed by atoms with Gasteiger partial charge in [0.1, 0.15) is 0 Å². The number of benzene rings is 1. The Morgan fingerprint density at radius 1 is 0.957 bits per heavy atom. The number of nitrogens with zero attached hydrogens (tertiary/aromatic N) is 2. The van der Waals surface area contributed by atoms with Gasteiger partial charge >= 0.3 is 0 Å². The van der Waals surface area contributed by atoms with Crippen molar-refractivity contribution in [2.45, 2.75) is 56.6 Å². The number of likely N-dealkylation sites (tertiary alicyclic amines) is 1. The van der Waals surface area contributed by atoms with Crippen LogP contribution < -0.4 is 0 Å². The van der Waals surface area contributed by atoms with Gasteiger partial charge in [-0.3, -0.25) is 9.63 Å². The molecule has 124 valence electrons. The summed E-state index contributed by atoms with van der Waals surface area (Å²) in [4.78, 5) is 21.3. The van der Waals surface area contributed by atoms with E-state index in [0.717, 1.165) is 38.9 Å². The Morgan fingerprint density at radius 3 is 2.48 bits per heavy atom. The van der Waals surface area contributed by atoms with E-state index in [1.54, 1.807) is 0 Å². The Kier molecular flexibility index (Phi) is 4.36. The van der Waals surface area contributed by atoms with Gasteiger partial charge in [0.05, 0.1) is 0 Å². The van der Waals surface area contributed by atoms with Crippen molar-refractivity contribution in [3.63, 3.8) is 0 Å². The second-order valence-electron chi connectivity index (χ2n) is 7.05. The lowest BCUT2D eigenvalue weighted by Gasteiger charge is -2.31. The predicted octanol–water partition coefficient (Wildman–Crippen LogP) is 2.95. The molecule has 0 radical (unpaired) electrons. The molecule has 0 bridgehead atoms. The summed E-state index contributed by atoms with van der Waals surface area (Å²) in [6.45, 7) is 2.74. The summed E-state index contributed by atoms with van der Waals surface area (Å²) < 4.78 is 0. The highest BCUT2D eigenvalue weighted by Gasteiger charge is 2.49. The number of piperidine rings is 2. The topological polar surface area (TPSA) is 32.8 Å². The molecule has 0 N–H and O–H groups in total. The largest absolute Gasteiger partial charge is 0.340 e. The van der Waals surface area contributed by atoms with Crippen LogP contribution in [-0.4, -0.2) is 47.7 Å². The first-order valence-electron chi connectivity index (χ1n) is 9.12. The van der Waals surface area contributed by atoms with Gasteiger partial charge in [0, 0.05) is 31.6 Å². The molecule has 4 nitrogen and oxygen atoms in total. The molecule has 3 aliphatic heterocycles. The van der Waals surface area contributed by atoms with Crippen LogP contribution in [0, 0.1) is 0 Å². The van der Waals surface area contributed by atoms with Gasteiger partial charge in [-0.1, -0.05) is 36.8 Å². The van der Waals surface area contributed by atoms with Gasteiger partial charge in [0.15, 0.2) is 6.10 Å². The highest BCUT2D eigenvalue weighted by Crippen LogP contribution is 2.41. The van der Waals surface area contributed by atoms with Crippen LogP contribution in [-0.2, 0) is 9.63 Å². The lowest BCUT2D eigenvalue weighted by molar-refractivity contribution is -0.186. The fourth-order valence-electron chi connectivity index (χ4n) is 4.40. The first-order chi connectivity index (χ1) is 11.3. The Morgan fingerprint density at radius 2 is 1.70 bits per heavy atom. The molecular weight excluding hydrogens is 288 g/mol. The van der Waals surface area contributed by atoms with Gasteiger partial charge in [0.25, 0.3) is 5.91 Å². The van der Waals surface area contributed by atoms with E-state index < -0.39 is 0 Å².